The van der Waals surface area contributed by atoms with Gasteiger partial charge in [-0.15, -0.1) is 0 Å². The monoisotopic (exact) mass is 236 g/mol. The van der Waals surface area contributed by atoms with E-state index in [1.165, 1.54) is 6.20 Å². The number of hydrogen-bond donors (Lipinski definition) is 1. The summed E-state index contributed by atoms with van der Waals surface area (Å²) in [5, 5.41) is 11.4. The fraction of sp³-hybridized carbons (Fsp3) is 0.182. The number of nitriles is 1. The van der Waals surface area contributed by atoms with Crippen LogP contribution in [0.2, 0.25) is 0 Å². The zero-order valence-corrected chi connectivity index (χ0v) is 9.66. The van der Waals surface area contributed by atoms with E-state index in [0.717, 1.165) is 11.8 Å². The molecule has 1 aromatic carbocycles. The maximum absolute atomic E-state index is 11.1. The lowest BCUT2D eigenvalue weighted by Gasteiger charge is -2.01. The van der Waals surface area contributed by atoms with Crippen LogP contribution in [0.3, 0.4) is 0 Å². The SMILES string of the molecule is CS(=O)(=O)C(C#N)=CNCc1ccccc1. The van der Waals surface area contributed by atoms with Gasteiger partial charge in [0.05, 0.1) is 0 Å². The van der Waals surface area contributed by atoms with Gasteiger partial charge in [-0.05, 0) is 5.56 Å². The van der Waals surface area contributed by atoms with Gasteiger partial charge in [0.1, 0.15) is 6.07 Å². The zero-order valence-electron chi connectivity index (χ0n) is 8.84. The molecule has 4 nitrogen and oxygen atoms in total. The van der Waals surface area contributed by atoms with E-state index >= 15 is 0 Å². The van der Waals surface area contributed by atoms with Gasteiger partial charge in [-0.3, -0.25) is 0 Å². The minimum absolute atomic E-state index is 0.261. The Bertz CT molecular complexity index is 513. The Morgan fingerprint density at radius 3 is 2.56 bits per heavy atom. The highest BCUT2D eigenvalue weighted by Crippen LogP contribution is 2.02. The number of rotatable bonds is 4. The van der Waals surface area contributed by atoms with E-state index in [1.807, 2.05) is 30.3 Å². The van der Waals surface area contributed by atoms with Gasteiger partial charge in [-0.2, -0.15) is 5.26 Å². The lowest BCUT2D eigenvalue weighted by molar-refractivity contribution is 0.608. The van der Waals surface area contributed by atoms with Crippen molar-refractivity contribution in [1.82, 2.24) is 5.32 Å². The van der Waals surface area contributed by atoms with Crippen LogP contribution in [-0.2, 0) is 16.4 Å². The second-order valence-corrected chi connectivity index (χ2v) is 5.24. The summed E-state index contributed by atoms with van der Waals surface area (Å²) in [5.74, 6) is 0. The second-order valence-electron chi connectivity index (χ2n) is 3.26. The highest BCUT2D eigenvalue weighted by molar-refractivity contribution is 7.94. The molecule has 1 aromatic rings. The van der Waals surface area contributed by atoms with Gasteiger partial charge in [0.2, 0.25) is 0 Å². The number of sulfone groups is 1. The zero-order chi connectivity index (χ0) is 12.0. The van der Waals surface area contributed by atoms with E-state index in [-0.39, 0.29) is 4.91 Å². The summed E-state index contributed by atoms with van der Waals surface area (Å²) in [6.07, 6.45) is 2.23. The van der Waals surface area contributed by atoms with E-state index in [1.54, 1.807) is 6.07 Å². The molecule has 84 valence electrons. The van der Waals surface area contributed by atoms with Crippen LogP contribution in [0, 0.1) is 11.3 Å². The molecule has 0 fully saturated rings. The Balaban J connectivity index is 2.65. The van der Waals surface area contributed by atoms with Crippen LogP contribution in [0.15, 0.2) is 41.4 Å². The van der Waals surface area contributed by atoms with Gasteiger partial charge in [-0.25, -0.2) is 8.42 Å². The largest absolute Gasteiger partial charge is 0.385 e. The normalized spacial score (nSPS) is 11.9. The van der Waals surface area contributed by atoms with Crippen LogP contribution >= 0.6 is 0 Å². The van der Waals surface area contributed by atoms with E-state index < -0.39 is 9.84 Å². The van der Waals surface area contributed by atoms with Gasteiger partial charge < -0.3 is 5.32 Å². The van der Waals surface area contributed by atoms with Crippen molar-refractivity contribution in [3.8, 4) is 6.07 Å². The molecule has 1 N–H and O–H groups in total. The molecule has 0 saturated carbocycles. The second kappa shape index (κ2) is 5.33. The number of benzene rings is 1. The summed E-state index contributed by atoms with van der Waals surface area (Å²) in [4.78, 5) is -0.261. The van der Waals surface area contributed by atoms with Crippen molar-refractivity contribution in [2.75, 3.05) is 6.26 Å². The molecular weight excluding hydrogens is 224 g/mol. The highest BCUT2D eigenvalue weighted by Gasteiger charge is 2.09. The Hall–Kier alpha value is -1.80. The predicted octanol–water partition coefficient (Wildman–Crippen LogP) is 1.19. The molecule has 0 unspecified atom stereocenters. The molecule has 0 amide bonds. The minimum atomic E-state index is -3.43. The Kier molecular flexibility index (Phi) is 4.09. The molecule has 0 aliphatic carbocycles. The van der Waals surface area contributed by atoms with Gasteiger partial charge in [0.15, 0.2) is 14.7 Å². The van der Waals surface area contributed by atoms with Crippen LogP contribution in [0.1, 0.15) is 5.56 Å². The molecule has 0 spiro atoms. The summed E-state index contributed by atoms with van der Waals surface area (Å²) < 4.78 is 22.1. The molecule has 0 aromatic heterocycles. The lowest BCUT2D eigenvalue weighted by atomic mass is 10.2. The number of nitrogens with zero attached hydrogens (tertiary/aromatic N) is 1. The maximum Gasteiger partial charge on any atom is 0.186 e. The molecule has 0 saturated heterocycles. The third-order valence-electron chi connectivity index (χ3n) is 1.89. The quantitative estimate of drug-likeness (QED) is 0.797. The third-order valence-corrected chi connectivity index (χ3v) is 2.90. The van der Waals surface area contributed by atoms with Crippen molar-refractivity contribution in [2.45, 2.75) is 6.54 Å². The smallest absolute Gasteiger partial charge is 0.186 e. The minimum Gasteiger partial charge on any atom is -0.385 e. The number of hydrogen-bond acceptors (Lipinski definition) is 4. The van der Waals surface area contributed by atoms with Crippen molar-refractivity contribution in [3.05, 3.63) is 47.0 Å². The summed E-state index contributed by atoms with van der Waals surface area (Å²) >= 11 is 0. The fourth-order valence-corrected chi connectivity index (χ4v) is 1.54. The molecular formula is C11H12N2O2S. The van der Waals surface area contributed by atoms with Crippen LogP contribution < -0.4 is 5.32 Å². The fourth-order valence-electron chi connectivity index (χ4n) is 1.08. The van der Waals surface area contributed by atoms with E-state index in [0.29, 0.717) is 6.54 Å². The standard InChI is InChI=1S/C11H12N2O2S/c1-16(14,15)11(7-12)9-13-8-10-5-3-2-4-6-10/h2-6,9,13H,8H2,1H3. The Labute approximate surface area is 95.1 Å². The molecule has 0 atom stereocenters. The predicted molar refractivity (Wildman–Crippen MR) is 61.8 cm³/mol. The first-order chi connectivity index (χ1) is 7.54. The maximum atomic E-state index is 11.1. The molecule has 0 heterocycles. The molecule has 1 rings (SSSR count). The van der Waals surface area contributed by atoms with Crippen molar-refractivity contribution in [2.24, 2.45) is 0 Å². The Morgan fingerprint density at radius 2 is 2.06 bits per heavy atom. The molecule has 0 aliphatic heterocycles. The molecule has 5 heteroatoms. The van der Waals surface area contributed by atoms with E-state index in [2.05, 4.69) is 5.32 Å². The number of allylic oxidation sites excluding steroid dienone is 1. The van der Waals surface area contributed by atoms with Crippen molar-refractivity contribution in [3.63, 3.8) is 0 Å². The van der Waals surface area contributed by atoms with Crippen LogP contribution in [0.25, 0.3) is 0 Å². The highest BCUT2D eigenvalue weighted by atomic mass is 32.2. The third kappa shape index (κ3) is 3.75. The van der Waals surface area contributed by atoms with E-state index in [9.17, 15) is 8.42 Å². The van der Waals surface area contributed by atoms with Gasteiger partial charge in [0.25, 0.3) is 0 Å². The summed E-state index contributed by atoms with van der Waals surface area (Å²) in [6.45, 7) is 0.488. The van der Waals surface area contributed by atoms with Crippen molar-refractivity contribution >= 4 is 9.84 Å². The summed E-state index contributed by atoms with van der Waals surface area (Å²) in [7, 11) is -3.43. The Morgan fingerprint density at radius 1 is 1.44 bits per heavy atom. The van der Waals surface area contributed by atoms with Gasteiger partial charge >= 0.3 is 0 Å². The summed E-state index contributed by atoms with van der Waals surface area (Å²) in [6, 6.07) is 11.1. The average Bonchev–Trinajstić information content (AvgIpc) is 2.24. The molecule has 0 aliphatic rings. The molecule has 0 bridgehead atoms. The van der Waals surface area contributed by atoms with Crippen molar-refractivity contribution in [1.29, 1.82) is 5.26 Å². The van der Waals surface area contributed by atoms with E-state index in [4.69, 9.17) is 5.26 Å². The molecule has 0 radical (unpaired) electrons. The van der Waals surface area contributed by atoms with Crippen LogP contribution in [0.4, 0.5) is 0 Å². The number of nitrogens with one attached hydrogen (secondary N) is 1. The first kappa shape index (κ1) is 12.3. The first-order valence-corrected chi connectivity index (χ1v) is 6.51. The summed E-state index contributed by atoms with van der Waals surface area (Å²) in [5.41, 5.74) is 1.02. The average molecular weight is 236 g/mol. The van der Waals surface area contributed by atoms with Crippen LogP contribution in [-0.4, -0.2) is 14.7 Å². The molecule has 16 heavy (non-hydrogen) atoms. The lowest BCUT2D eigenvalue weighted by Crippen LogP contribution is -2.09. The van der Waals surface area contributed by atoms with Gasteiger partial charge in [-0.1, -0.05) is 30.3 Å². The first-order valence-electron chi connectivity index (χ1n) is 4.61. The van der Waals surface area contributed by atoms with Crippen LogP contribution in [0.5, 0.6) is 0 Å². The van der Waals surface area contributed by atoms with Gasteiger partial charge in [0, 0.05) is 19.0 Å². The van der Waals surface area contributed by atoms with Crippen molar-refractivity contribution < 1.29 is 8.42 Å². The topological polar surface area (TPSA) is 70.0 Å².